The van der Waals surface area contributed by atoms with Gasteiger partial charge in [0.2, 0.25) is 11.8 Å². The van der Waals surface area contributed by atoms with Crippen molar-refractivity contribution in [1.29, 1.82) is 0 Å². The number of aliphatic hydroxyl groups excluding tert-OH is 1. The monoisotopic (exact) mass is 290 g/mol. The summed E-state index contributed by atoms with van der Waals surface area (Å²) < 4.78 is 5.40. The molecule has 0 bridgehead atoms. The summed E-state index contributed by atoms with van der Waals surface area (Å²) in [6, 6.07) is 5.20. The summed E-state index contributed by atoms with van der Waals surface area (Å²) in [4.78, 5) is 23.1. The largest absolute Gasteiger partial charge is 0.388 e. The van der Waals surface area contributed by atoms with Crippen LogP contribution in [0.5, 0.6) is 0 Å². The van der Waals surface area contributed by atoms with Gasteiger partial charge >= 0.3 is 0 Å². The highest BCUT2D eigenvalue weighted by molar-refractivity contribution is 6.13. The van der Waals surface area contributed by atoms with Crippen LogP contribution in [0.1, 0.15) is 30.9 Å². The number of ether oxygens (including phenoxy) is 1. The van der Waals surface area contributed by atoms with E-state index in [-0.39, 0.29) is 24.2 Å². The second-order valence-electron chi connectivity index (χ2n) is 5.50. The van der Waals surface area contributed by atoms with E-state index in [0.29, 0.717) is 18.0 Å². The smallest absolute Gasteiger partial charge is 0.233 e. The summed E-state index contributed by atoms with van der Waals surface area (Å²) in [5, 5.41) is 15.8. The van der Waals surface area contributed by atoms with E-state index in [2.05, 4.69) is 10.6 Å². The van der Waals surface area contributed by atoms with Gasteiger partial charge in [-0.2, -0.15) is 0 Å². The Bertz CT molecular complexity index is 567. The van der Waals surface area contributed by atoms with E-state index in [1.807, 2.05) is 0 Å². The molecular weight excluding hydrogens is 272 g/mol. The SMILES string of the molecule is O=C1CC(=O)Nc2cc(C(O)C3CCCOC3)ccc2N1. The Morgan fingerprint density at radius 1 is 1.19 bits per heavy atom. The Morgan fingerprint density at radius 2 is 1.95 bits per heavy atom. The first-order chi connectivity index (χ1) is 10.1. The first kappa shape index (κ1) is 14.0. The van der Waals surface area contributed by atoms with Crippen LogP contribution in [0, 0.1) is 5.92 Å². The first-order valence-corrected chi connectivity index (χ1v) is 7.13. The van der Waals surface area contributed by atoms with Crippen LogP contribution in [0.4, 0.5) is 11.4 Å². The molecule has 2 unspecified atom stereocenters. The number of hydrogen-bond acceptors (Lipinski definition) is 4. The van der Waals surface area contributed by atoms with E-state index in [0.717, 1.165) is 25.0 Å². The van der Waals surface area contributed by atoms with Crippen molar-refractivity contribution in [3.05, 3.63) is 23.8 Å². The highest BCUT2D eigenvalue weighted by Gasteiger charge is 2.25. The summed E-state index contributed by atoms with van der Waals surface area (Å²) >= 11 is 0. The van der Waals surface area contributed by atoms with Gasteiger partial charge in [-0.25, -0.2) is 0 Å². The van der Waals surface area contributed by atoms with Crippen LogP contribution in [-0.4, -0.2) is 30.1 Å². The van der Waals surface area contributed by atoms with Gasteiger partial charge in [-0.05, 0) is 30.5 Å². The number of amides is 2. The fourth-order valence-corrected chi connectivity index (χ4v) is 2.78. The quantitative estimate of drug-likeness (QED) is 0.719. The third-order valence-corrected chi connectivity index (χ3v) is 3.90. The Morgan fingerprint density at radius 3 is 2.67 bits per heavy atom. The van der Waals surface area contributed by atoms with E-state index in [1.165, 1.54) is 0 Å². The Balaban J connectivity index is 1.84. The van der Waals surface area contributed by atoms with Gasteiger partial charge in [0, 0.05) is 12.5 Å². The number of nitrogens with one attached hydrogen (secondary N) is 2. The fourth-order valence-electron chi connectivity index (χ4n) is 2.78. The summed E-state index contributed by atoms with van der Waals surface area (Å²) in [6.45, 7) is 1.29. The molecule has 0 spiro atoms. The molecule has 0 radical (unpaired) electrons. The maximum atomic E-state index is 11.6. The zero-order chi connectivity index (χ0) is 14.8. The zero-order valence-electron chi connectivity index (χ0n) is 11.6. The normalized spacial score (nSPS) is 23.6. The molecule has 6 nitrogen and oxygen atoms in total. The van der Waals surface area contributed by atoms with E-state index in [1.54, 1.807) is 18.2 Å². The second kappa shape index (κ2) is 5.83. The van der Waals surface area contributed by atoms with E-state index in [4.69, 9.17) is 4.74 Å². The molecule has 1 aromatic rings. The second-order valence-corrected chi connectivity index (χ2v) is 5.50. The molecule has 0 aliphatic carbocycles. The Hall–Kier alpha value is -1.92. The van der Waals surface area contributed by atoms with Gasteiger partial charge in [0.15, 0.2) is 0 Å². The van der Waals surface area contributed by atoms with Crippen molar-refractivity contribution < 1.29 is 19.4 Å². The van der Waals surface area contributed by atoms with Crippen molar-refractivity contribution in [2.75, 3.05) is 23.8 Å². The Labute approximate surface area is 122 Å². The zero-order valence-corrected chi connectivity index (χ0v) is 11.6. The number of aliphatic hydroxyl groups is 1. The molecule has 2 aliphatic heterocycles. The lowest BCUT2D eigenvalue weighted by atomic mass is 9.91. The molecule has 3 rings (SSSR count). The number of carbonyl (C=O) groups is 2. The lowest BCUT2D eigenvalue weighted by molar-refractivity contribution is -0.123. The van der Waals surface area contributed by atoms with Gasteiger partial charge in [0.25, 0.3) is 0 Å². The van der Waals surface area contributed by atoms with Crippen molar-refractivity contribution in [2.24, 2.45) is 5.92 Å². The molecule has 1 aromatic carbocycles. The number of benzene rings is 1. The molecule has 2 amide bonds. The molecule has 2 heterocycles. The molecule has 1 saturated heterocycles. The third-order valence-electron chi connectivity index (χ3n) is 3.90. The van der Waals surface area contributed by atoms with Gasteiger partial charge in [-0.15, -0.1) is 0 Å². The minimum absolute atomic E-state index is 0.0628. The van der Waals surface area contributed by atoms with Crippen molar-refractivity contribution >= 4 is 23.2 Å². The van der Waals surface area contributed by atoms with Crippen LogP contribution in [-0.2, 0) is 14.3 Å². The lowest BCUT2D eigenvalue weighted by Crippen LogP contribution is -2.23. The van der Waals surface area contributed by atoms with E-state index < -0.39 is 6.10 Å². The van der Waals surface area contributed by atoms with Crippen LogP contribution in [0.25, 0.3) is 0 Å². The summed E-state index contributed by atoms with van der Waals surface area (Å²) in [5.74, 6) is -0.619. The standard InChI is InChI=1S/C15H18N2O4/c18-13-7-14(19)17-12-6-9(3-4-11(12)16-13)15(20)10-2-1-5-21-8-10/h3-4,6,10,15,20H,1-2,5,7-8H2,(H,16,18)(H,17,19). The number of rotatable bonds is 2. The average molecular weight is 290 g/mol. The number of anilines is 2. The minimum atomic E-state index is -0.633. The predicted molar refractivity (Wildman–Crippen MR) is 76.8 cm³/mol. The van der Waals surface area contributed by atoms with Gasteiger partial charge in [-0.3, -0.25) is 9.59 Å². The highest BCUT2D eigenvalue weighted by atomic mass is 16.5. The summed E-state index contributed by atoms with van der Waals surface area (Å²) in [6.07, 6.45) is 1.04. The highest BCUT2D eigenvalue weighted by Crippen LogP contribution is 2.33. The fraction of sp³-hybridized carbons (Fsp3) is 0.467. The van der Waals surface area contributed by atoms with Gasteiger partial charge in [-0.1, -0.05) is 6.07 Å². The van der Waals surface area contributed by atoms with Crippen molar-refractivity contribution in [2.45, 2.75) is 25.4 Å². The average Bonchev–Trinajstić information content (AvgIpc) is 2.63. The molecule has 6 heteroatoms. The molecule has 0 aromatic heterocycles. The van der Waals surface area contributed by atoms with Crippen molar-refractivity contribution in [1.82, 2.24) is 0 Å². The molecule has 112 valence electrons. The summed E-state index contributed by atoms with van der Waals surface area (Å²) in [5.41, 5.74) is 1.81. The lowest BCUT2D eigenvalue weighted by Gasteiger charge is -2.27. The van der Waals surface area contributed by atoms with Crippen molar-refractivity contribution in [3.63, 3.8) is 0 Å². The first-order valence-electron chi connectivity index (χ1n) is 7.13. The predicted octanol–water partition coefficient (Wildman–Crippen LogP) is 1.43. The number of carbonyl (C=O) groups excluding carboxylic acids is 2. The maximum absolute atomic E-state index is 11.6. The van der Waals surface area contributed by atoms with Gasteiger partial charge in [0.1, 0.15) is 6.42 Å². The molecule has 2 atom stereocenters. The molecule has 3 N–H and O–H groups in total. The topological polar surface area (TPSA) is 87.7 Å². The van der Waals surface area contributed by atoms with Crippen LogP contribution < -0.4 is 10.6 Å². The van der Waals surface area contributed by atoms with Crippen molar-refractivity contribution in [3.8, 4) is 0 Å². The molecule has 0 saturated carbocycles. The van der Waals surface area contributed by atoms with Gasteiger partial charge < -0.3 is 20.5 Å². The minimum Gasteiger partial charge on any atom is -0.388 e. The maximum Gasteiger partial charge on any atom is 0.233 e. The van der Waals surface area contributed by atoms with Crippen LogP contribution in [0.2, 0.25) is 0 Å². The number of fused-ring (bicyclic) bond motifs is 1. The van der Waals surface area contributed by atoms with Crippen LogP contribution >= 0.6 is 0 Å². The van der Waals surface area contributed by atoms with Gasteiger partial charge in [0.05, 0.1) is 24.1 Å². The molecule has 1 fully saturated rings. The third kappa shape index (κ3) is 3.06. The molecule has 2 aliphatic rings. The van der Waals surface area contributed by atoms with E-state index >= 15 is 0 Å². The summed E-state index contributed by atoms with van der Waals surface area (Å²) in [7, 11) is 0. The van der Waals surface area contributed by atoms with E-state index in [9.17, 15) is 14.7 Å². The van der Waals surface area contributed by atoms with Crippen LogP contribution in [0.3, 0.4) is 0 Å². The Kier molecular flexibility index (Phi) is 3.90. The number of hydrogen-bond donors (Lipinski definition) is 3. The molecular formula is C15H18N2O4. The van der Waals surface area contributed by atoms with Crippen LogP contribution in [0.15, 0.2) is 18.2 Å². The molecule has 21 heavy (non-hydrogen) atoms.